The van der Waals surface area contributed by atoms with E-state index in [1.165, 1.54) is 16.4 Å². The van der Waals surface area contributed by atoms with E-state index in [9.17, 15) is 18.5 Å². The maximum absolute atomic E-state index is 13.0. The molecule has 0 aromatic heterocycles. The van der Waals surface area contributed by atoms with Crippen LogP contribution in [0.4, 0.5) is 11.4 Å². The lowest BCUT2D eigenvalue weighted by atomic mass is 9.98. The first-order valence-electron chi connectivity index (χ1n) is 10.0. The highest BCUT2D eigenvalue weighted by Gasteiger charge is 2.34. The fourth-order valence-electron chi connectivity index (χ4n) is 4.05. The Hall–Kier alpha value is -1.75. The molecule has 3 rings (SSSR count). The summed E-state index contributed by atoms with van der Waals surface area (Å²) in [5, 5.41) is 11.9. The van der Waals surface area contributed by atoms with Crippen LogP contribution < -0.4 is 4.90 Å². The molecule has 9 nitrogen and oxygen atoms in total. The summed E-state index contributed by atoms with van der Waals surface area (Å²) in [5.41, 5.74) is 0.356. The third kappa shape index (κ3) is 4.55. The number of hydrogen-bond acceptors (Lipinski definition) is 7. The van der Waals surface area contributed by atoms with Crippen molar-refractivity contribution in [1.29, 1.82) is 0 Å². The highest BCUT2D eigenvalue weighted by Crippen LogP contribution is 2.35. The number of sulfonamides is 1. The van der Waals surface area contributed by atoms with Gasteiger partial charge in [-0.1, -0.05) is 13.8 Å². The molecule has 1 aromatic rings. The molecule has 0 aliphatic carbocycles. The van der Waals surface area contributed by atoms with Crippen molar-refractivity contribution in [2.45, 2.75) is 24.8 Å². The van der Waals surface area contributed by atoms with Gasteiger partial charge in [0.15, 0.2) is 0 Å². The summed E-state index contributed by atoms with van der Waals surface area (Å²) in [7, 11) is 0.246. The standard InChI is InChI=1S/C19H31N5O4S/c1-15(2)19-14-21(4)9-12-23(19)17-6-5-16(13-18(17)24(25)26)29(27,28)22-10-7-20(3)8-11-22/h5-6,13,15,19H,7-12,14H2,1-4H3. The molecular formula is C19H31N5O4S. The van der Waals surface area contributed by atoms with E-state index in [-0.39, 0.29) is 16.6 Å². The smallest absolute Gasteiger partial charge is 0.293 e. The van der Waals surface area contributed by atoms with Crippen molar-refractivity contribution in [2.75, 3.05) is 64.8 Å². The molecule has 0 saturated carbocycles. The van der Waals surface area contributed by atoms with Gasteiger partial charge < -0.3 is 14.7 Å². The zero-order chi connectivity index (χ0) is 21.3. The van der Waals surface area contributed by atoms with Crippen LogP contribution in [0.3, 0.4) is 0 Å². The molecule has 0 bridgehead atoms. The van der Waals surface area contributed by atoms with E-state index in [0.717, 1.165) is 13.1 Å². The highest BCUT2D eigenvalue weighted by molar-refractivity contribution is 7.89. The molecule has 0 amide bonds. The van der Waals surface area contributed by atoms with Gasteiger partial charge in [-0.05, 0) is 32.1 Å². The van der Waals surface area contributed by atoms with Crippen molar-refractivity contribution in [3.05, 3.63) is 28.3 Å². The van der Waals surface area contributed by atoms with Gasteiger partial charge in [-0.25, -0.2) is 8.42 Å². The third-order valence-electron chi connectivity index (χ3n) is 5.94. The molecule has 2 aliphatic heterocycles. The number of hydrogen-bond donors (Lipinski definition) is 0. The van der Waals surface area contributed by atoms with E-state index in [1.807, 2.05) is 14.1 Å². The van der Waals surface area contributed by atoms with Crippen LogP contribution in [0, 0.1) is 16.0 Å². The van der Waals surface area contributed by atoms with Crippen LogP contribution in [-0.2, 0) is 10.0 Å². The van der Waals surface area contributed by atoms with E-state index in [2.05, 4.69) is 28.5 Å². The van der Waals surface area contributed by atoms with E-state index < -0.39 is 14.9 Å². The number of likely N-dealkylation sites (N-methyl/N-ethyl adjacent to an activating group) is 2. The molecule has 0 spiro atoms. The Morgan fingerprint density at radius 2 is 1.66 bits per heavy atom. The topological polar surface area (TPSA) is 90.2 Å². The quantitative estimate of drug-likeness (QED) is 0.519. The molecular weight excluding hydrogens is 394 g/mol. The van der Waals surface area contributed by atoms with Gasteiger partial charge in [0, 0.05) is 57.9 Å². The van der Waals surface area contributed by atoms with Gasteiger partial charge in [-0.2, -0.15) is 4.31 Å². The van der Waals surface area contributed by atoms with Crippen LogP contribution in [0.1, 0.15) is 13.8 Å². The lowest BCUT2D eigenvalue weighted by molar-refractivity contribution is -0.384. The Bertz CT molecular complexity index is 852. The number of piperazine rings is 2. The zero-order valence-corrected chi connectivity index (χ0v) is 18.4. The fraction of sp³-hybridized carbons (Fsp3) is 0.684. The first-order chi connectivity index (χ1) is 13.6. The molecule has 1 aromatic carbocycles. The van der Waals surface area contributed by atoms with Gasteiger partial charge in [0.1, 0.15) is 5.69 Å². The van der Waals surface area contributed by atoms with Crippen molar-refractivity contribution in [2.24, 2.45) is 5.92 Å². The third-order valence-corrected chi connectivity index (χ3v) is 7.84. The van der Waals surface area contributed by atoms with Gasteiger partial charge >= 0.3 is 0 Å². The Morgan fingerprint density at radius 3 is 2.24 bits per heavy atom. The highest BCUT2D eigenvalue weighted by atomic mass is 32.2. The molecule has 10 heteroatoms. The van der Waals surface area contributed by atoms with Crippen LogP contribution in [0.15, 0.2) is 23.1 Å². The molecule has 2 saturated heterocycles. The van der Waals surface area contributed by atoms with Crippen LogP contribution in [0.25, 0.3) is 0 Å². The average Bonchev–Trinajstić information content (AvgIpc) is 2.67. The first-order valence-corrected chi connectivity index (χ1v) is 11.5. The molecule has 0 radical (unpaired) electrons. The van der Waals surface area contributed by atoms with E-state index in [1.54, 1.807) is 6.07 Å². The monoisotopic (exact) mass is 425 g/mol. The minimum Gasteiger partial charge on any atom is -0.360 e. The van der Waals surface area contributed by atoms with Crippen molar-refractivity contribution >= 4 is 21.4 Å². The van der Waals surface area contributed by atoms with Gasteiger partial charge in [0.25, 0.3) is 5.69 Å². The summed E-state index contributed by atoms with van der Waals surface area (Å²) in [6, 6.07) is 4.50. The fourth-order valence-corrected chi connectivity index (χ4v) is 5.50. The lowest BCUT2D eigenvalue weighted by Crippen LogP contribution is -2.54. The average molecular weight is 426 g/mol. The summed E-state index contributed by atoms with van der Waals surface area (Å²) in [5.74, 6) is 0.311. The molecule has 0 N–H and O–H groups in total. The minimum absolute atomic E-state index is 0.00673. The van der Waals surface area contributed by atoms with E-state index >= 15 is 0 Å². The summed E-state index contributed by atoms with van der Waals surface area (Å²) < 4.78 is 27.5. The van der Waals surface area contributed by atoms with E-state index in [4.69, 9.17) is 0 Å². The number of nitrogens with zero attached hydrogens (tertiary/aromatic N) is 5. The second-order valence-electron chi connectivity index (χ2n) is 8.38. The van der Waals surface area contributed by atoms with Crippen molar-refractivity contribution in [1.82, 2.24) is 14.1 Å². The molecule has 2 heterocycles. The molecule has 162 valence electrons. The van der Waals surface area contributed by atoms with Crippen LogP contribution >= 0.6 is 0 Å². The second-order valence-corrected chi connectivity index (χ2v) is 10.3. The Kier molecular flexibility index (Phi) is 6.47. The van der Waals surface area contributed by atoms with Crippen molar-refractivity contribution < 1.29 is 13.3 Å². The van der Waals surface area contributed by atoms with Crippen molar-refractivity contribution in [3.63, 3.8) is 0 Å². The summed E-state index contributed by atoms with van der Waals surface area (Å²) in [4.78, 5) is 17.7. The Morgan fingerprint density at radius 1 is 1.03 bits per heavy atom. The SMILES string of the molecule is CC(C)C1CN(C)CCN1c1ccc(S(=O)(=O)N2CCN(C)CC2)cc1[N+](=O)[O-]. The summed E-state index contributed by atoms with van der Waals surface area (Å²) in [6.45, 7) is 8.59. The summed E-state index contributed by atoms with van der Waals surface area (Å²) in [6.07, 6.45) is 0. The number of benzene rings is 1. The summed E-state index contributed by atoms with van der Waals surface area (Å²) >= 11 is 0. The lowest BCUT2D eigenvalue weighted by Gasteiger charge is -2.43. The Labute approximate surface area is 173 Å². The zero-order valence-electron chi connectivity index (χ0n) is 17.6. The number of nitro benzene ring substituents is 1. The van der Waals surface area contributed by atoms with Gasteiger partial charge in [-0.15, -0.1) is 0 Å². The van der Waals surface area contributed by atoms with Crippen LogP contribution in [0.5, 0.6) is 0 Å². The predicted molar refractivity (Wildman–Crippen MR) is 113 cm³/mol. The van der Waals surface area contributed by atoms with Gasteiger partial charge in [0.2, 0.25) is 10.0 Å². The van der Waals surface area contributed by atoms with Crippen LogP contribution in [-0.4, -0.2) is 93.4 Å². The second kappa shape index (κ2) is 8.55. The van der Waals surface area contributed by atoms with Gasteiger partial charge in [-0.3, -0.25) is 10.1 Å². The number of rotatable bonds is 5. The Balaban J connectivity index is 1.96. The molecule has 1 atom stereocenters. The van der Waals surface area contributed by atoms with Gasteiger partial charge in [0.05, 0.1) is 9.82 Å². The number of anilines is 1. The first kappa shape index (κ1) is 21.9. The van der Waals surface area contributed by atoms with Crippen molar-refractivity contribution in [3.8, 4) is 0 Å². The molecule has 2 aliphatic rings. The molecule has 1 unspecified atom stereocenters. The molecule has 29 heavy (non-hydrogen) atoms. The van der Waals surface area contributed by atoms with Crippen LogP contribution in [0.2, 0.25) is 0 Å². The number of nitro groups is 1. The molecule has 2 fully saturated rings. The van der Waals surface area contributed by atoms with E-state index in [0.29, 0.717) is 44.3 Å². The maximum atomic E-state index is 13.0. The maximum Gasteiger partial charge on any atom is 0.293 e. The predicted octanol–water partition coefficient (Wildman–Crippen LogP) is 1.31. The normalized spacial score (nSPS) is 22.9. The minimum atomic E-state index is -3.75. The largest absolute Gasteiger partial charge is 0.360 e.